The van der Waals surface area contributed by atoms with Gasteiger partial charge in [-0.2, -0.15) is 0 Å². The number of nitrogens with zero attached hydrogens (tertiary/aromatic N) is 2. The molecule has 0 aliphatic carbocycles. The molecule has 0 aromatic carbocycles. The number of fused-ring (bicyclic) bond motifs is 1. The molecular weight excluding hydrogens is 200 g/mol. The number of nitrogens with one attached hydrogen (secondary N) is 2. The summed E-state index contributed by atoms with van der Waals surface area (Å²) in [6.07, 6.45) is 3.86. The minimum absolute atomic E-state index is 0.729. The van der Waals surface area contributed by atoms with E-state index in [2.05, 4.69) is 34.4 Å². The molecule has 0 atom stereocenters. The van der Waals surface area contributed by atoms with Gasteiger partial charge in [0.1, 0.15) is 12.1 Å². The van der Waals surface area contributed by atoms with Gasteiger partial charge in [-0.05, 0) is 25.3 Å². The van der Waals surface area contributed by atoms with E-state index in [0.29, 0.717) is 0 Å². The van der Waals surface area contributed by atoms with Crippen LogP contribution in [0.2, 0.25) is 0 Å². The van der Waals surface area contributed by atoms with E-state index in [4.69, 9.17) is 0 Å². The van der Waals surface area contributed by atoms with Crippen LogP contribution < -0.4 is 10.6 Å². The predicted molar refractivity (Wildman–Crippen MR) is 65.4 cm³/mol. The summed E-state index contributed by atoms with van der Waals surface area (Å²) in [6, 6.07) is 0. The Labute approximate surface area is 96.9 Å². The molecule has 0 unspecified atom stereocenters. The zero-order chi connectivity index (χ0) is 11.4. The Kier molecular flexibility index (Phi) is 3.72. The van der Waals surface area contributed by atoms with Crippen molar-refractivity contribution < 1.29 is 0 Å². The standard InChI is InChI=1S/C12H20N4/c1-9(2)3-6-14-12-10-4-5-13-7-11(10)15-8-16-12/h8-9,13H,3-7H2,1-2H3,(H,14,15,16). The van der Waals surface area contributed by atoms with Gasteiger partial charge in [0.25, 0.3) is 0 Å². The van der Waals surface area contributed by atoms with Gasteiger partial charge in [0, 0.05) is 18.7 Å². The first-order chi connectivity index (χ1) is 7.77. The second kappa shape index (κ2) is 5.25. The normalized spacial score (nSPS) is 14.9. The van der Waals surface area contributed by atoms with Crippen LogP contribution in [0.25, 0.3) is 0 Å². The molecule has 4 nitrogen and oxygen atoms in total. The molecule has 4 heteroatoms. The molecule has 2 heterocycles. The molecule has 2 rings (SSSR count). The van der Waals surface area contributed by atoms with E-state index in [9.17, 15) is 0 Å². The zero-order valence-corrected chi connectivity index (χ0v) is 10.1. The van der Waals surface area contributed by atoms with Gasteiger partial charge in [-0.25, -0.2) is 9.97 Å². The summed E-state index contributed by atoms with van der Waals surface area (Å²) in [7, 11) is 0. The van der Waals surface area contributed by atoms with Crippen molar-refractivity contribution in [3.8, 4) is 0 Å². The third kappa shape index (κ3) is 2.70. The summed E-state index contributed by atoms with van der Waals surface area (Å²) < 4.78 is 0. The Morgan fingerprint density at radius 3 is 3.12 bits per heavy atom. The van der Waals surface area contributed by atoms with E-state index < -0.39 is 0 Å². The number of aromatic nitrogens is 2. The number of hydrogen-bond donors (Lipinski definition) is 2. The van der Waals surface area contributed by atoms with Gasteiger partial charge in [-0.15, -0.1) is 0 Å². The first-order valence-corrected chi connectivity index (χ1v) is 6.04. The Balaban J connectivity index is 2.03. The fourth-order valence-corrected chi connectivity index (χ4v) is 1.92. The third-order valence-corrected chi connectivity index (χ3v) is 2.89. The van der Waals surface area contributed by atoms with Crippen LogP contribution in [-0.4, -0.2) is 23.1 Å². The fraction of sp³-hybridized carbons (Fsp3) is 0.667. The van der Waals surface area contributed by atoms with Crippen molar-refractivity contribution in [2.24, 2.45) is 5.92 Å². The largest absolute Gasteiger partial charge is 0.370 e. The summed E-state index contributed by atoms with van der Waals surface area (Å²) in [5.74, 6) is 1.76. The summed E-state index contributed by atoms with van der Waals surface area (Å²) in [6.45, 7) is 7.37. The van der Waals surface area contributed by atoms with Gasteiger partial charge in [0.05, 0.1) is 5.69 Å². The molecule has 0 saturated heterocycles. The molecule has 16 heavy (non-hydrogen) atoms. The van der Waals surface area contributed by atoms with Crippen LogP contribution in [-0.2, 0) is 13.0 Å². The average molecular weight is 220 g/mol. The van der Waals surface area contributed by atoms with E-state index in [-0.39, 0.29) is 0 Å². The van der Waals surface area contributed by atoms with Crippen molar-refractivity contribution in [1.29, 1.82) is 0 Å². The van der Waals surface area contributed by atoms with Crippen LogP contribution >= 0.6 is 0 Å². The molecule has 0 amide bonds. The fourth-order valence-electron chi connectivity index (χ4n) is 1.92. The monoisotopic (exact) mass is 220 g/mol. The molecule has 0 bridgehead atoms. The third-order valence-electron chi connectivity index (χ3n) is 2.89. The maximum Gasteiger partial charge on any atom is 0.132 e. The molecule has 0 fully saturated rings. The van der Waals surface area contributed by atoms with Gasteiger partial charge >= 0.3 is 0 Å². The molecule has 2 N–H and O–H groups in total. The lowest BCUT2D eigenvalue weighted by Crippen LogP contribution is -2.26. The van der Waals surface area contributed by atoms with E-state index in [1.807, 2.05) is 0 Å². The molecule has 1 aromatic heterocycles. The SMILES string of the molecule is CC(C)CCNc1ncnc2c1CCNC2. The van der Waals surface area contributed by atoms with Crippen LogP contribution in [0.4, 0.5) is 5.82 Å². The quantitative estimate of drug-likeness (QED) is 0.809. The Hall–Kier alpha value is -1.16. The van der Waals surface area contributed by atoms with Gasteiger partial charge in [-0.1, -0.05) is 13.8 Å². The second-order valence-corrected chi connectivity index (χ2v) is 4.68. The van der Waals surface area contributed by atoms with Gasteiger partial charge in [-0.3, -0.25) is 0 Å². The molecule has 0 radical (unpaired) electrons. The highest BCUT2D eigenvalue weighted by atomic mass is 15.0. The lowest BCUT2D eigenvalue weighted by molar-refractivity contribution is 0.602. The van der Waals surface area contributed by atoms with Gasteiger partial charge in [0.15, 0.2) is 0 Å². The van der Waals surface area contributed by atoms with Crippen LogP contribution in [0.5, 0.6) is 0 Å². The molecule has 0 saturated carbocycles. The maximum atomic E-state index is 4.34. The molecule has 1 aliphatic heterocycles. The molecular formula is C12H20N4. The highest BCUT2D eigenvalue weighted by molar-refractivity contribution is 5.46. The first kappa shape index (κ1) is 11.3. The van der Waals surface area contributed by atoms with E-state index in [1.54, 1.807) is 6.33 Å². The lowest BCUT2D eigenvalue weighted by atomic mass is 10.1. The minimum atomic E-state index is 0.729. The topological polar surface area (TPSA) is 49.8 Å². The summed E-state index contributed by atoms with van der Waals surface area (Å²) in [5, 5.41) is 6.75. The van der Waals surface area contributed by atoms with E-state index >= 15 is 0 Å². The number of rotatable bonds is 4. The van der Waals surface area contributed by atoms with Crippen LogP contribution in [0.3, 0.4) is 0 Å². The highest BCUT2D eigenvalue weighted by Crippen LogP contribution is 2.18. The van der Waals surface area contributed by atoms with Crippen molar-refractivity contribution in [3.05, 3.63) is 17.6 Å². The van der Waals surface area contributed by atoms with Crippen molar-refractivity contribution in [2.75, 3.05) is 18.4 Å². The minimum Gasteiger partial charge on any atom is -0.370 e. The molecule has 88 valence electrons. The molecule has 0 spiro atoms. The second-order valence-electron chi connectivity index (χ2n) is 4.68. The highest BCUT2D eigenvalue weighted by Gasteiger charge is 2.14. The predicted octanol–water partition coefficient (Wildman–Crippen LogP) is 1.58. The Bertz CT molecular complexity index is 349. The summed E-state index contributed by atoms with van der Waals surface area (Å²) in [4.78, 5) is 8.65. The smallest absolute Gasteiger partial charge is 0.132 e. The number of hydrogen-bond acceptors (Lipinski definition) is 4. The maximum absolute atomic E-state index is 4.34. The average Bonchev–Trinajstić information content (AvgIpc) is 2.29. The van der Waals surface area contributed by atoms with E-state index in [0.717, 1.165) is 43.5 Å². The van der Waals surface area contributed by atoms with Gasteiger partial charge < -0.3 is 10.6 Å². The van der Waals surface area contributed by atoms with Crippen molar-refractivity contribution in [3.63, 3.8) is 0 Å². The van der Waals surface area contributed by atoms with Crippen molar-refractivity contribution >= 4 is 5.82 Å². The molecule has 1 aromatic rings. The van der Waals surface area contributed by atoms with Crippen LogP contribution in [0.15, 0.2) is 6.33 Å². The zero-order valence-electron chi connectivity index (χ0n) is 10.1. The van der Waals surface area contributed by atoms with Crippen LogP contribution in [0, 0.1) is 5.92 Å². The van der Waals surface area contributed by atoms with Crippen molar-refractivity contribution in [1.82, 2.24) is 15.3 Å². The number of anilines is 1. The Morgan fingerprint density at radius 1 is 1.44 bits per heavy atom. The van der Waals surface area contributed by atoms with Gasteiger partial charge in [0.2, 0.25) is 0 Å². The lowest BCUT2D eigenvalue weighted by Gasteiger charge is -2.19. The Morgan fingerprint density at radius 2 is 2.31 bits per heavy atom. The van der Waals surface area contributed by atoms with E-state index in [1.165, 1.54) is 12.0 Å². The molecule has 1 aliphatic rings. The first-order valence-electron chi connectivity index (χ1n) is 6.04. The summed E-state index contributed by atoms with van der Waals surface area (Å²) in [5.41, 5.74) is 2.44. The van der Waals surface area contributed by atoms with Crippen LogP contribution in [0.1, 0.15) is 31.5 Å². The van der Waals surface area contributed by atoms with Crippen molar-refractivity contribution in [2.45, 2.75) is 33.2 Å². The summed E-state index contributed by atoms with van der Waals surface area (Å²) >= 11 is 0.